The molecule has 1 aliphatic rings. The molecule has 0 saturated heterocycles. The van der Waals surface area contributed by atoms with Gasteiger partial charge in [0.2, 0.25) is 11.8 Å². The highest BCUT2D eigenvalue weighted by Crippen LogP contribution is 2.31. The van der Waals surface area contributed by atoms with Crippen LogP contribution in [0.15, 0.2) is 78.9 Å². The van der Waals surface area contributed by atoms with Gasteiger partial charge in [0, 0.05) is 24.9 Å². The number of carboxylic acids is 1. The van der Waals surface area contributed by atoms with E-state index in [0.717, 1.165) is 22.3 Å². The molecule has 0 aromatic heterocycles. The molecule has 0 bridgehead atoms. The molecule has 2 amide bonds. The van der Waals surface area contributed by atoms with Crippen LogP contribution in [0.4, 0.5) is 0 Å². The Hall–Kier alpha value is -3.92. The fourth-order valence-corrected chi connectivity index (χ4v) is 4.72. The van der Waals surface area contributed by atoms with Gasteiger partial charge in [-0.05, 0) is 28.7 Å². The zero-order valence-corrected chi connectivity index (χ0v) is 23.3. The van der Waals surface area contributed by atoms with Gasteiger partial charge in [-0.1, -0.05) is 78.9 Å². The minimum atomic E-state index is -1.22. The smallest absolute Gasteiger partial charge is 0.317 e. The van der Waals surface area contributed by atoms with E-state index in [-0.39, 0.29) is 56.1 Å². The second kappa shape index (κ2) is 14.5. The van der Waals surface area contributed by atoms with Crippen LogP contribution in [0.5, 0.6) is 0 Å². The Bertz CT molecular complexity index is 1310. The number of carbonyl (C=O) groups is 3. The van der Waals surface area contributed by atoms with E-state index in [9.17, 15) is 19.5 Å². The van der Waals surface area contributed by atoms with Crippen molar-refractivity contribution in [3.05, 3.63) is 107 Å². The zero-order valence-electron chi connectivity index (χ0n) is 21.7. The molecule has 0 fully saturated rings. The van der Waals surface area contributed by atoms with E-state index in [4.69, 9.17) is 11.1 Å². The number of carboxylic acid groups (broad SMARTS) is 1. The average molecular weight is 587 g/mol. The van der Waals surface area contributed by atoms with Crippen LogP contribution < -0.4 is 21.7 Å². The Morgan fingerprint density at radius 2 is 1.45 bits per heavy atom. The highest BCUT2D eigenvalue weighted by atomic mass is 35.5. The highest BCUT2D eigenvalue weighted by molar-refractivity contribution is 5.95. The summed E-state index contributed by atoms with van der Waals surface area (Å²) in [6.07, 6.45) is 0.912. The van der Waals surface area contributed by atoms with Crippen molar-refractivity contribution in [1.29, 1.82) is 5.41 Å². The van der Waals surface area contributed by atoms with E-state index < -0.39 is 23.5 Å². The first-order valence-electron chi connectivity index (χ1n) is 12.4. The summed E-state index contributed by atoms with van der Waals surface area (Å²) < 4.78 is 0. The molecule has 3 aromatic carbocycles. The Morgan fingerprint density at radius 1 is 0.875 bits per heavy atom. The molecule has 40 heavy (non-hydrogen) atoms. The maximum absolute atomic E-state index is 13.7. The van der Waals surface area contributed by atoms with E-state index in [1.165, 1.54) is 0 Å². The summed E-state index contributed by atoms with van der Waals surface area (Å²) in [7, 11) is 0. The number of rotatable bonds is 11. The molecule has 0 unspecified atom stereocenters. The molecular weight excluding hydrogens is 553 g/mol. The van der Waals surface area contributed by atoms with Gasteiger partial charge in [-0.15, -0.1) is 24.8 Å². The number of amides is 2. The van der Waals surface area contributed by atoms with Gasteiger partial charge in [0.15, 0.2) is 0 Å². The Kier molecular flexibility index (Phi) is 11.7. The van der Waals surface area contributed by atoms with Crippen LogP contribution in [-0.4, -0.2) is 46.9 Å². The van der Waals surface area contributed by atoms with Crippen molar-refractivity contribution in [2.75, 3.05) is 6.54 Å². The first-order chi connectivity index (χ1) is 18.3. The van der Waals surface area contributed by atoms with E-state index in [0.29, 0.717) is 18.4 Å². The third kappa shape index (κ3) is 8.05. The number of fused-ring (bicyclic) bond motifs is 1. The number of nitrogens with two attached hydrogens (primary N) is 1. The summed E-state index contributed by atoms with van der Waals surface area (Å²) in [6, 6.07) is 23.2. The Morgan fingerprint density at radius 3 is 2.00 bits per heavy atom. The van der Waals surface area contributed by atoms with Crippen LogP contribution in [0.3, 0.4) is 0 Å². The van der Waals surface area contributed by atoms with Gasteiger partial charge in [0.25, 0.3) is 0 Å². The van der Waals surface area contributed by atoms with Crippen molar-refractivity contribution in [2.45, 2.75) is 37.4 Å². The van der Waals surface area contributed by atoms with Crippen LogP contribution in [-0.2, 0) is 40.2 Å². The third-order valence-electron chi connectivity index (χ3n) is 6.72. The zero-order chi connectivity index (χ0) is 27.1. The quantitative estimate of drug-likeness (QED) is 0.150. The maximum Gasteiger partial charge on any atom is 0.317 e. The fraction of sp³-hybridized carbons (Fsp3) is 0.241. The standard InChI is InChI=1S/C29H31N5O4.2ClH/c30-26(31)21-12-10-20(11-13-21)17-33-28(38)29(15-22-8-4-5-9-23(22)16-29)34-27(37)24(32-18-25(35)36)14-19-6-2-1-3-7-19;;/h1-13,24,32H,14-18H2,(H3,30,31)(H,33,38)(H,34,37)(H,35,36);2*1H/t24-;;/m1../s1. The summed E-state index contributed by atoms with van der Waals surface area (Å²) in [4.78, 5) is 38.5. The second-order valence-corrected chi connectivity index (χ2v) is 9.50. The highest BCUT2D eigenvalue weighted by Gasteiger charge is 2.45. The number of carbonyl (C=O) groups excluding carboxylic acids is 2. The topological polar surface area (TPSA) is 157 Å². The number of aliphatic carboxylic acids is 1. The molecule has 212 valence electrons. The molecule has 9 nitrogen and oxygen atoms in total. The predicted octanol–water partition coefficient (Wildman–Crippen LogP) is 2.37. The monoisotopic (exact) mass is 585 g/mol. The number of hydrogen-bond donors (Lipinski definition) is 6. The molecule has 1 atom stereocenters. The Labute approximate surface area is 245 Å². The number of nitrogen functional groups attached to an aromatic ring is 1. The predicted molar refractivity (Wildman–Crippen MR) is 158 cm³/mol. The van der Waals surface area contributed by atoms with Crippen LogP contribution in [0.1, 0.15) is 27.8 Å². The first-order valence-corrected chi connectivity index (χ1v) is 12.4. The van der Waals surface area contributed by atoms with Crippen molar-refractivity contribution in [2.24, 2.45) is 5.73 Å². The first kappa shape index (κ1) is 32.3. The lowest BCUT2D eigenvalue weighted by atomic mass is 9.92. The number of amidine groups is 1. The summed E-state index contributed by atoms with van der Waals surface area (Å²) >= 11 is 0. The molecule has 7 N–H and O–H groups in total. The van der Waals surface area contributed by atoms with Crippen molar-refractivity contribution < 1.29 is 19.5 Å². The largest absolute Gasteiger partial charge is 0.480 e. The van der Waals surface area contributed by atoms with Gasteiger partial charge in [0.1, 0.15) is 11.4 Å². The van der Waals surface area contributed by atoms with Crippen LogP contribution in [0.25, 0.3) is 0 Å². The molecule has 0 aliphatic heterocycles. The number of nitrogens with one attached hydrogen (secondary N) is 4. The van der Waals surface area contributed by atoms with Crippen LogP contribution in [0, 0.1) is 5.41 Å². The molecule has 0 saturated carbocycles. The van der Waals surface area contributed by atoms with Gasteiger partial charge >= 0.3 is 5.97 Å². The summed E-state index contributed by atoms with van der Waals surface area (Å²) in [5, 5.41) is 25.5. The van der Waals surface area contributed by atoms with E-state index in [1.54, 1.807) is 24.3 Å². The number of benzene rings is 3. The molecule has 0 spiro atoms. The van der Waals surface area contributed by atoms with Gasteiger partial charge in [0.05, 0.1) is 12.6 Å². The van der Waals surface area contributed by atoms with E-state index in [1.807, 2.05) is 54.6 Å². The van der Waals surface area contributed by atoms with Gasteiger partial charge in [-0.3, -0.25) is 25.1 Å². The van der Waals surface area contributed by atoms with E-state index >= 15 is 0 Å². The van der Waals surface area contributed by atoms with Gasteiger partial charge < -0.3 is 21.5 Å². The maximum atomic E-state index is 13.7. The number of hydrogen-bond acceptors (Lipinski definition) is 5. The third-order valence-corrected chi connectivity index (χ3v) is 6.72. The summed E-state index contributed by atoms with van der Waals surface area (Å²) in [5.41, 5.74) is 8.54. The van der Waals surface area contributed by atoms with Crippen LogP contribution >= 0.6 is 24.8 Å². The molecular formula is C29H33Cl2N5O4. The summed E-state index contributed by atoms with van der Waals surface area (Å²) in [6.45, 7) is -0.156. The molecule has 0 heterocycles. The lowest BCUT2D eigenvalue weighted by Crippen LogP contribution is -2.63. The normalized spacial score (nSPS) is 13.5. The molecule has 3 aromatic rings. The SMILES string of the molecule is Cl.Cl.N=C(N)c1ccc(CNC(=O)C2(NC(=O)[C@@H](Cc3ccccc3)NCC(=O)O)Cc3ccccc3C2)cc1. The minimum absolute atomic E-state index is 0. The van der Waals surface area contributed by atoms with Crippen molar-refractivity contribution in [3.8, 4) is 0 Å². The number of halogens is 2. The Balaban J connectivity index is 0.00000280. The molecule has 11 heteroatoms. The molecule has 1 aliphatic carbocycles. The van der Waals surface area contributed by atoms with Crippen molar-refractivity contribution in [3.63, 3.8) is 0 Å². The van der Waals surface area contributed by atoms with Crippen molar-refractivity contribution >= 4 is 48.4 Å². The van der Waals surface area contributed by atoms with Gasteiger partial charge in [-0.2, -0.15) is 0 Å². The second-order valence-electron chi connectivity index (χ2n) is 9.50. The minimum Gasteiger partial charge on any atom is -0.480 e. The van der Waals surface area contributed by atoms with Crippen LogP contribution in [0.2, 0.25) is 0 Å². The van der Waals surface area contributed by atoms with Gasteiger partial charge in [-0.25, -0.2) is 0 Å². The van der Waals surface area contributed by atoms with E-state index in [2.05, 4.69) is 16.0 Å². The lowest BCUT2D eigenvalue weighted by Gasteiger charge is -2.31. The lowest BCUT2D eigenvalue weighted by molar-refractivity contribution is -0.137. The fourth-order valence-electron chi connectivity index (χ4n) is 4.72. The summed E-state index contributed by atoms with van der Waals surface area (Å²) in [5.74, 6) is -1.88. The van der Waals surface area contributed by atoms with Crippen molar-refractivity contribution in [1.82, 2.24) is 16.0 Å². The average Bonchev–Trinajstić information content (AvgIpc) is 3.29. The molecule has 0 radical (unpaired) electrons. The molecule has 4 rings (SSSR count).